The summed E-state index contributed by atoms with van der Waals surface area (Å²) in [5, 5.41) is 1.30. The van der Waals surface area contributed by atoms with E-state index in [9.17, 15) is 0 Å². The summed E-state index contributed by atoms with van der Waals surface area (Å²) in [6, 6.07) is 11.4. The normalized spacial score (nSPS) is 11.2. The van der Waals surface area contributed by atoms with E-state index in [4.69, 9.17) is 34.8 Å². The predicted octanol–water partition coefficient (Wildman–Crippen LogP) is 5.88. The Bertz CT molecular complexity index is 814. The third kappa shape index (κ3) is 2.80. The van der Waals surface area contributed by atoms with Gasteiger partial charge in [0.2, 0.25) is 0 Å². The smallest absolute Gasteiger partial charge is 0.115 e. The molecule has 0 radical (unpaired) electrons. The molecule has 0 aliphatic heterocycles. The Morgan fingerprint density at radius 3 is 2.67 bits per heavy atom. The predicted molar refractivity (Wildman–Crippen MR) is 93.2 cm³/mol. The summed E-state index contributed by atoms with van der Waals surface area (Å²) in [7, 11) is 0. The molecule has 2 nitrogen and oxygen atoms in total. The summed E-state index contributed by atoms with van der Waals surface area (Å²) in [5.74, 6) is 1.36. The van der Waals surface area contributed by atoms with Crippen LogP contribution in [0.25, 0.3) is 16.7 Å². The summed E-state index contributed by atoms with van der Waals surface area (Å²) in [4.78, 5) is 4.63. The lowest BCUT2D eigenvalue weighted by Gasteiger charge is -2.11. The van der Waals surface area contributed by atoms with Gasteiger partial charge in [-0.05, 0) is 46.3 Å². The Balaban J connectivity index is 2.33. The molecule has 21 heavy (non-hydrogen) atoms. The van der Waals surface area contributed by atoms with Crippen LogP contribution in [0.5, 0.6) is 0 Å². The fourth-order valence-corrected chi connectivity index (χ4v) is 3.54. The molecule has 0 bridgehead atoms. The van der Waals surface area contributed by atoms with Gasteiger partial charge in [-0.3, -0.25) is 4.57 Å². The first-order valence-electron chi connectivity index (χ1n) is 6.29. The summed E-state index contributed by atoms with van der Waals surface area (Å²) in [6.07, 6.45) is 0.654. The van der Waals surface area contributed by atoms with E-state index in [2.05, 4.69) is 25.5 Å². The largest absolute Gasteiger partial charge is 0.295 e. The van der Waals surface area contributed by atoms with Crippen LogP contribution in [0.4, 0.5) is 0 Å². The fourth-order valence-electron chi connectivity index (χ4n) is 2.30. The molecule has 0 aliphatic carbocycles. The average Bonchev–Trinajstić information content (AvgIpc) is 2.79. The van der Waals surface area contributed by atoms with Crippen molar-refractivity contribution in [3.05, 3.63) is 56.7 Å². The molecule has 0 N–H and O–H groups in total. The lowest BCUT2D eigenvalue weighted by Crippen LogP contribution is -2.03. The van der Waals surface area contributed by atoms with E-state index in [1.165, 1.54) is 0 Å². The number of rotatable bonds is 3. The van der Waals surface area contributed by atoms with Crippen LogP contribution in [-0.2, 0) is 6.42 Å². The Hall–Kier alpha value is -0.740. The molecule has 1 aromatic heterocycles. The molecule has 0 saturated heterocycles. The van der Waals surface area contributed by atoms with E-state index in [-0.39, 0.29) is 0 Å². The number of nitrogens with zero attached hydrogens (tertiary/aromatic N) is 2. The van der Waals surface area contributed by atoms with Crippen molar-refractivity contribution in [1.29, 1.82) is 0 Å². The SMILES string of the molecule is ClCCc1nc2c(Cl)cccc2n1-c1ccc(Cl)cc1Br. The molecular weight excluding hydrogens is 394 g/mol. The average molecular weight is 405 g/mol. The minimum atomic E-state index is 0.492. The van der Waals surface area contributed by atoms with Crippen molar-refractivity contribution in [3.63, 3.8) is 0 Å². The van der Waals surface area contributed by atoms with Crippen LogP contribution in [0, 0.1) is 0 Å². The highest BCUT2D eigenvalue weighted by atomic mass is 79.9. The monoisotopic (exact) mass is 402 g/mol. The Morgan fingerprint density at radius 1 is 1.14 bits per heavy atom. The number of imidazole rings is 1. The second-order valence-electron chi connectivity index (χ2n) is 4.51. The molecule has 0 unspecified atom stereocenters. The van der Waals surface area contributed by atoms with Crippen molar-refractivity contribution in [3.8, 4) is 5.69 Å². The van der Waals surface area contributed by atoms with Gasteiger partial charge in [0.05, 0.1) is 16.2 Å². The molecule has 0 saturated carbocycles. The van der Waals surface area contributed by atoms with Crippen LogP contribution >= 0.6 is 50.7 Å². The molecule has 3 rings (SSSR count). The first-order valence-corrected chi connectivity index (χ1v) is 8.37. The van der Waals surface area contributed by atoms with Crippen molar-refractivity contribution in [2.24, 2.45) is 0 Å². The van der Waals surface area contributed by atoms with Gasteiger partial charge in [-0.25, -0.2) is 4.98 Å². The van der Waals surface area contributed by atoms with Crippen molar-refractivity contribution in [2.45, 2.75) is 6.42 Å². The van der Waals surface area contributed by atoms with Gasteiger partial charge in [0.15, 0.2) is 0 Å². The highest BCUT2D eigenvalue weighted by Crippen LogP contribution is 2.31. The zero-order valence-corrected chi connectivity index (χ0v) is 14.6. The van der Waals surface area contributed by atoms with Crippen LogP contribution < -0.4 is 0 Å². The third-order valence-electron chi connectivity index (χ3n) is 3.17. The maximum atomic E-state index is 6.25. The zero-order valence-electron chi connectivity index (χ0n) is 10.8. The Morgan fingerprint density at radius 2 is 1.95 bits per heavy atom. The van der Waals surface area contributed by atoms with E-state index >= 15 is 0 Å². The summed E-state index contributed by atoms with van der Waals surface area (Å²) < 4.78 is 2.95. The molecular formula is C15H10BrCl3N2. The van der Waals surface area contributed by atoms with Gasteiger partial charge in [0, 0.05) is 21.8 Å². The van der Waals surface area contributed by atoms with Crippen molar-refractivity contribution < 1.29 is 0 Å². The third-order valence-corrected chi connectivity index (χ3v) is 4.54. The standard InChI is InChI=1S/C15H10BrCl3N2/c16-10-8-9(18)4-5-12(10)21-13-3-1-2-11(19)15(13)20-14(21)6-7-17/h1-5,8H,6-7H2. The second-order valence-corrected chi connectivity index (χ2v) is 6.58. The highest BCUT2D eigenvalue weighted by Gasteiger charge is 2.16. The Labute approximate surface area is 145 Å². The number of alkyl halides is 1. The van der Waals surface area contributed by atoms with Gasteiger partial charge in [-0.2, -0.15) is 0 Å². The van der Waals surface area contributed by atoms with Crippen molar-refractivity contribution in [1.82, 2.24) is 9.55 Å². The molecule has 0 fully saturated rings. The fraction of sp³-hybridized carbons (Fsp3) is 0.133. The lowest BCUT2D eigenvalue weighted by atomic mass is 10.2. The first-order chi connectivity index (χ1) is 10.1. The highest BCUT2D eigenvalue weighted by molar-refractivity contribution is 9.10. The molecule has 1 heterocycles. The van der Waals surface area contributed by atoms with Gasteiger partial charge in [-0.1, -0.05) is 29.3 Å². The maximum absolute atomic E-state index is 6.25. The maximum Gasteiger partial charge on any atom is 0.115 e. The second kappa shape index (κ2) is 6.17. The quantitative estimate of drug-likeness (QED) is 0.499. The molecule has 0 aliphatic rings. The minimum absolute atomic E-state index is 0.492. The number of fused-ring (bicyclic) bond motifs is 1. The van der Waals surface area contributed by atoms with Crippen LogP contribution in [0.1, 0.15) is 5.82 Å². The molecule has 6 heteroatoms. The van der Waals surface area contributed by atoms with E-state index in [0.717, 1.165) is 27.0 Å². The van der Waals surface area contributed by atoms with Crippen LogP contribution in [0.3, 0.4) is 0 Å². The summed E-state index contributed by atoms with van der Waals surface area (Å²) in [6.45, 7) is 0. The topological polar surface area (TPSA) is 17.8 Å². The molecule has 0 atom stereocenters. The van der Waals surface area contributed by atoms with Crippen LogP contribution in [0.2, 0.25) is 10.0 Å². The molecule has 0 spiro atoms. The number of benzene rings is 2. The van der Waals surface area contributed by atoms with E-state index in [0.29, 0.717) is 22.3 Å². The van der Waals surface area contributed by atoms with Gasteiger partial charge in [0.1, 0.15) is 11.3 Å². The summed E-state index contributed by atoms with van der Waals surface area (Å²) >= 11 is 21.7. The number of hydrogen-bond acceptors (Lipinski definition) is 1. The first kappa shape index (κ1) is 15.2. The summed E-state index contributed by atoms with van der Waals surface area (Å²) in [5.41, 5.74) is 2.69. The van der Waals surface area contributed by atoms with Crippen LogP contribution in [-0.4, -0.2) is 15.4 Å². The lowest BCUT2D eigenvalue weighted by molar-refractivity contribution is 0.909. The van der Waals surface area contributed by atoms with Gasteiger partial charge in [0.25, 0.3) is 0 Å². The number of halogens is 4. The van der Waals surface area contributed by atoms with E-state index in [1.54, 1.807) is 0 Å². The number of aromatic nitrogens is 2. The van der Waals surface area contributed by atoms with Gasteiger partial charge in [-0.15, -0.1) is 11.6 Å². The molecule has 3 aromatic rings. The minimum Gasteiger partial charge on any atom is -0.295 e. The molecule has 2 aromatic carbocycles. The number of aryl methyl sites for hydroxylation is 1. The van der Waals surface area contributed by atoms with Gasteiger partial charge >= 0.3 is 0 Å². The van der Waals surface area contributed by atoms with E-state index in [1.807, 2.05) is 36.4 Å². The van der Waals surface area contributed by atoms with Crippen LogP contribution in [0.15, 0.2) is 40.9 Å². The Kier molecular flexibility index (Phi) is 4.46. The number of para-hydroxylation sites is 1. The van der Waals surface area contributed by atoms with E-state index < -0.39 is 0 Å². The molecule has 108 valence electrons. The molecule has 0 amide bonds. The van der Waals surface area contributed by atoms with Crippen molar-refractivity contribution >= 4 is 61.8 Å². The number of hydrogen-bond donors (Lipinski definition) is 0. The zero-order chi connectivity index (χ0) is 15.0. The van der Waals surface area contributed by atoms with Crippen molar-refractivity contribution in [2.75, 3.05) is 5.88 Å². The van der Waals surface area contributed by atoms with Gasteiger partial charge < -0.3 is 0 Å².